The molecule has 5 nitrogen and oxygen atoms in total. The normalized spacial score (nSPS) is 14.6. The fourth-order valence-electron chi connectivity index (χ4n) is 3.36. The molecular formula is C20H18F3N5. The Morgan fingerprint density at radius 1 is 0.929 bits per heavy atom. The quantitative estimate of drug-likeness (QED) is 0.729. The van der Waals surface area contributed by atoms with Crippen molar-refractivity contribution in [3.8, 4) is 11.3 Å². The van der Waals surface area contributed by atoms with Crippen LogP contribution in [0.2, 0.25) is 0 Å². The van der Waals surface area contributed by atoms with Crippen molar-refractivity contribution in [2.24, 2.45) is 0 Å². The zero-order chi connectivity index (χ0) is 19.8. The van der Waals surface area contributed by atoms with E-state index < -0.39 is 17.5 Å². The number of hydrogen-bond acceptors (Lipinski definition) is 5. The van der Waals surface area contributed by atoms with E-state index in [-0.39, 0.29) is 5.82 Å². The first-order valence-corrected chi connectivity index (χ1v) is 8.76. The van der Waals surface area contributed by atoms with Crippen molar-refractivity contribution in [2.75, 3.05) is 30.8 Å². The molecule has 0 aliphatic carbocycles. The predicted molar refractivity (Wildman–Crippen MR) is 102 cm³/mol. The first-order chi connectivity index (χ1) is 13.4. The highest BCUT2D eigenvalue weighted by Gasteiger charge is 2.25. The number of nitrogens with two attached hydrogens (primary N) is 1. The number of likely N-dealkylation sites (N-methyl/N-ethyl adjacent to an activating group) is 1. The lowest BCUT2D eigenvalue weighted by atomic mass is 10.0. The van der Waals surface area contributed by atoms with Gasteiger partial charge in [0.2, 0.25) is 0 Å². The van der Waals surface area contributed by atoms with E-state index in [1.165, 1.54) is 6.07 Å². The van der Waals surface area contributed by atoms with E-state index in [1.807, 2.05) is 11.9 Å². The first kappa shape index (κ1) is 18.2. The fraction of sp³-hybridized carbons (Fsp3) is 0.200. The average molecular weight is 385 g/mol. The van der Waals surface area contributed by atoms with Gasteiger partial charge in [0, 0.05) is 48.2 Å². The molecule has 144 valence electrons. The number of benzene rings is 2. The lowest BCUT2D eigenvalue weighted by Gasteiger charge is -2.25. The number of halogens is 3. The van der Waals surface area contributed by atoms with Crippen LogP contribution in [0.5, 0.6) is 0 Å². The molecule has 0 bridgehead atoms. The summed E-state index contributed by atoms with van der Waals surface area (Å²) in [5.41, 5.74) is 7.79. The Hall–Kier alpha value is -3.13. The molecule has 0 radical (unpaired) electrons. The van der Waals surface area contributed by atoms with Gasteiger partial charge in [-0.1, -0.05) is 0 Å². The van der Waals surface area contributed by atoms with Gasteiger partial charge in [-0.25, -0.2) is 13.2 Å². The standard InChI is InChI=1S/C20H18F3N5/c1-27-8-9-28(12-2-4-15(21)16(22)10-12)18-6-3-13(20(23)14(18)11-27)17-5-7-19(24)26-25-17/h2-7,10H,8-9,11H2,1H3,(H2,24,26). The van der Waals surface area contributed by atoms with Crippen LogP contribution in [0.3, 0.4) is 0 Å². The molecule has 3 aromatic rings. The minimum absolute atomic E-state index is 0.253. The summed E-state index contributed by atoms with van der Waals surface area (Å²) in [7, 11) is 1.88. The van der Waals surface area contributed by atoms with E-state index in [4.69, 9.17) is 5.73 Å². The summed E-state index contributed by atoms with van der Waals surface area (Å²) in [6.07, 6.45) is 0. The molecule has 1 aliphatic heterocycles. The van der Waals surface area contributed by atoms with Crippen LogP contribution in [-0.4, -0.2) is 35.2 Å². The van der Waals surface area contributed by atoms with Gasteiger partial charge in [-0.2, -0.15) is 0 Å². The summed E-state index contributed by atoms with van der Waals surface area (Å²) in [5.74, 6) is -2.02. The van der Waals surface area contributed by atoms with Crippen LogP contribution in [0.1, 0.15) is 5.56 Å². The number of fused-ring (bicyclic) bond motifs is 1. The molecule has 4 rings (SSSR count). The number of nitrogens with zero attached hydrogens (tertiary/aromatic N) is 4. The number of nitrogen functional groups attached to an aromatic ring is 1. The van der Waals surface area contributed by atoms with Crippen LogP contribution >= 0.6 is 0 Å². The van der Waals surface area contributed by atoms with E-state index >= 15 is 4.39 Å². The maximum absolute atomic E-state index is 15.4. The van der Waals surface area contributed by atoms with Crippen LogP contribution in [0.4, 0.5) is 30.4 Å². The van der Waals surface area contributed by atoms with Crippen molar-refractivity contribution in [3.05, 3.63) is 65.5 Å². The Kier molecular flexibility index (Phi) is 4.64. The highest BCUT2D eigenvalue weighted by Crippen LogP contribution is 2.36. The Labute approximate surface area is 160 Å². The minimum atomic E-state index is -0.939. The number of rotatable bonds is 2. The van der Waals surface area contributed by atoms with E-state index in [0.29, 0.717) is 47.8 Å². The lowest BCUT2D eigenvalue weighted by Crippen LogP contribution is -2.26. The van der Waals surface area contributed by atoms with Crippen molar-refractivity contribution in [3.63, 3.8) is 0 Å². The predicted octanol–water partition coefficient (Wildman–Crippen LogP) is 3.73. The largest absolute Gasteiger partial charge is 0.382 e. The maximum atomic E-state index is 15.4. The molecule has 2 N–H and O–H groups in total. The molecule has 0 atom stereocenters. The maximum Gasteiger partial charge on any atom is 0.160 e. The van der Waals surface area contributed by atoms with Gasteiger partial charge in [0.05, 0.1) is 5.69 Å². The van der Waals surface area contributed by atoms with Crippen LogP contribution in [0, 0.1) is 17.5 Å². The van der Waals surface area contributed by atoms with Gasteiger partial charge in [0.15, 0.2) is 11.6 Å². The molecule has 28 heavy (non-hydrogen) atoms. The second kappa shape index (κ2) is 7.12. The molecule has 1 aromatic heterocycles. The lowest BCUT2D eigenvalue weighted by molar-refractivity contribution is 0.338. The second-order valence-corrected chi connectivity index (χ2v) is 6.76. The molecule has 0 saturated carbocycles. The van der Waals surface area contributed by atoms with Crippen molar-refractivity contribution in [1.29, 1.82) is 0 Å². The summed E-state index contributed by atoms with van der Waals surface area (Å²) in [5, 5.41) is 7.75. The second-order valence-electron chi connectivity index (χ2n) is 6.76. The topological polar surface area (TPSA) is 58.3 Å². The van der Waals surface area contributed by atoms with Crippen LogP contribution in [-0.2, 0) is 6.54 Å². The zero-order valence-corrected chi connectivity index (χ0v) is 15.2. The van der Waals surface area contributed by atoms with Gasteiger partial charge >= 0.3 is 0 Å². The van der Waals surface area contributed by atoms with Gasteiger partial charge in [-0.05, 0) is 43.4 Å². The van der Waals surface area contributed by atoms with Gasteiger partial charge in [-0.15, -0.1) is 10.2 Å². The van der Waals surface area contributed by atoms with Crippen molar-refractivity contribution < 1.29 is 13.2 Å². The highest BCUT2D eigenvalue weighted by atomic mass is 19.2. The minimum Gasteiger partial charge on any atom is -0.382 e. The summed E-state index contributed by atoms with van der Waals surface area (Å²) >= 11 is 0. The van der Waals surface area contributed by atoms with Gasteiger partial charge in [0.1, 0.15) is 11.6 Å². The van der Waals surface area contributed by atoms with E-state index in [0.717, 1.165) is 12.1 Å². The molecule has 0 amide bonds. The summed E-state index contributed by atoms with van der Waals surface area (Å²) in [6.45, 7) is 1.51. The van der Waals surface area contributed by atoms with Crippen LogP contribution in [0.25, 0.3) is 11.3 Å². The Balaban J connectivity index is 1.84. The number of anilines is 3. The Bertz CT molecular complexity index is 1020. The Morgan fingerprint density at radius 2 is 1.75 bits per heavy atom. The fourth-order valence-corrected chi connectivity index (χ4v) is 3.36. The number of aromatic nitrogens is 2. The van der Waals surface area contributed by atoms with Crippen molar-refractivity contribution in [1.82, 2.24) is 15.1 Å². The molecule has 2 heterocycles. The summed E-state index contributed by atoms with van der Waals surface area (Å²) < 4.78 is 42.6. The van der Waals surface area contributed by atoms with Gasteiger partial charge < -0.3 is 15.5 Å². The smallest absolute Gasteiger partial charge is 0.160 e. The van der Waals surface area contributed by atoms with Crippen molar-refractivity contribution >= 4 is 17.2 Å². The van der Waals surface area contributed by atoms with E-state index in [9.17, 15) is 8.78 Å². The average Bonchev–Trinajstić information content (AvgIpc) is 2.84. The molecule has 0 unspecified atom stereocenters. The summed E-state index contributed by atoms with van der Waals surface area (Å²) in [4.78, 5) is 3.77. The third-order valence-corrected chi connectivity index (χ3v) is 4.82. The third-order valence-electron chi connectivity index (χ3n) is 4.82. The SMILES string of the molecule is CN1CCN(c2ccc(F)c(F)c2)c2ccc(-c3ccc(N)nn3)c(F)c2C1. The van der Waals surface area contributed by atoms with Crippen molar-refractivity contribution in [2.45, 2.75) is 6.54 Å². The highest BCUT2D eigenvalue weighted by molar-refractivity contribution is 5.73. The van der Waals surface area contributed by atoms with E-state index in [2.05, 4.69) is 10.2 Å². The first-order valence-electron chi connectivity index (χ1n) is 8.76. The molecular weight excluding hydrogens is 367 g/mol. The molecule has 2 aromatic carbocycles. The molecule has 0 fully saturated rings. The third kappa shape index (κ3) is 3.27. The monoisotopic (exact) mass is 385 g/mol. The van der Waals surface area contributed by atoms with Crippen LogP contribution in [0.15, 0.2) is 42.5 Å². The van der Waals surface area contributed by atoms with Crippen LogP contribution < -0.4 is 10.6 Å². The molecule has 0 spiro atoms. The molecule has 8 heteroatoms. The zero-order valence-electron chi connectivity index (χ0n) is 15.2. The van der Waals surface area contributed by atoms with Gasteiger partial charge in [0.25, 0.3) is 0 Å². The van der Waals surface area contributed by atoms with E-state index in [1.54, 1.807) is 29.2 Å². The molecule has 0 saturated heterocycles. The number of hydrogen-bond donors (Lipinski definition) is 1. The summed E-state index contributed by atoms with van der Waals surface area (Å²) in [6, 6.07) is 10.3. The Morgan fingerprint density at radius 3 is 2.46 bits per heavy atom. The van der Waals surface area contributed by atoms with Gasteiger partial charge in [-0.3, -0.25) is 0 Å². The molecule has 1 aliphatic rings.